The van der Waals surface area contributed by atoms with Crippen molar-refractivity contribution in [2.24, 2.45) is 0 Å². The van der Waals surface area contributed by atoms with Gasteiger partial charge in [0.1, 0.15) is 11.2 Å². The molecule has 0 fully saturated rings. The van der Waals surface area contributed by atoms with Gasteiger partial charge in [0.05, 0.1) is 16.3 Å². The van der Waals surface area contributed by atoms with Gasteiger partial charge in [-0.2, -0.15) is 0 Å². The lowest BCUT2D eigenvalue weighted by molar-refractivity contribution is -0.384. The number of benzene rings is 3. The summed E-state index contributed by atoms with van der Waals surface area (Å²) in [5.74, 6) is 0.389. The van der Waals surface area contributed by atoms with Crippen LogP contribution in [0.2, 0.25) is 10.0 Å². The molecule has 0 N–H and O–H groups in total. The third-order valence-corrected chi connectivity index (χ3v) is 5.57. The molecule has 33 heavy (non-hydrogen) atoms. The summed E-state index contributed by atoms with van der Waals surface area (Å²) in [6.45, 7) is 0. The highest BCUT2D eigenvalue weighted by atomic mass is 35.5. The lowest BCUT2D eigenvalue weighted by Gasteiger charge is -2.12. The maximum Gasteiger partial charge on any atom is 0.269 e. The van der Waals surface area contributed by atoms with Crippen molar-refractivity contribution in [2.75, 3.05) is 0 Å². The summed E-state index contributed by atoms with van der Waals surface area (Å²) in [4.78, 5) is 28.7. The van der Waals surface area contributed by atoms with Gasteiger partial charge in [-0.05, 0) is 60.7 Å². The zero-order valence-electron chi connectivity index (χ0n) is 16.7. The largest absolute Gasteiger partial charge is 0.269 e. The second-order valence-electron chi connectivity index (χ2n) is 7.14. The molecule has 8 nitrogen and oxygen atoms in total. The summed E-state index contributed by atoms with van der Waals surface area (Å²) in [5, 5.41) is 16.8. The Bertz CT molecular complexity index is 1560. The first-order valence-corrected chi connectivity index (χ1v) is 10.5. The third kappa shape index (κ3) is 3.86. The minimum Gasteiger partial charge on any atom is -0.268 e. The first-order chi connectivity index (χ1) is 15.9. The van der Waals surface area contributed by atoms with Crippen molar-refractivity contribution in [1.82, 2.24) is 19.3 Å². The van der Waals surface area contributed by atoms with Crippen LogP contribution in [-0.4, -0.2) is 24.3 Å². The van der Waals surface area contributed by atoms with Crippen LogP contribution in [0.25, 0.3) is 33.8 Å². The van der Waals surface area contributed by atoms with Gasteiger partial charge in [0, 0.05) is 33.9 Å². The van der Waals surface area contributed by atoms with E-state index in [9.17, 15) is 14.9 Å². The van der Waals surface area contributed by atoms with Crippen LogP contribution < -0.4 is 5.56 Å². The molecule has 0 unspecified atom stereocenters. The van der Waals surface area contributed by atoms with E-state index in [-0.39, 0.29) is 16.9 Å². The fourth-order valence-corrected chi connectivity index (χ4v) is 3.70. The molecule has 3 aromatic carbocycles. The second-order valence-corrected chi connectivity index (χ2v) is 8.02. The number of hydrogen-bond donors (Lipinski definition) is 0. The van der Waals surface area contributed by atoms with Gasteiger partial charge in [-0.25, -0.2) is 9.67 Å². The highest BCUT2D eigenvalue weighted by molar-refractivity contribution is 6.30. The van der Waals surface area contributed by atoms with Crippen molar-refractivity contribution in [3.63, 3.8) is 0 Å². The Balaban J connectivity index is 1.74. The maximum absolute atomic E-state index is 13.6. The fraction of sp³-hybridized carbons (Fsp3) is 0. The van der Waals surface area contributed by atoms with Crippen molar-refractivity contribution in [3.8, 4) is 22.8 Å². The normalized spacial score (nSPS) is 11.1. The molecule has 0 aliphatic carbocycles. The second kappa shape index (κ2) is 8.16. The number of hydrogen-bond acceptors (Lipinski definition) is 5. The molecule has 0 aliphatic heterocycles. The molecule has 0 saturated heterocycles. The molecule has 162 valence electrons. The van der Waals surface area contributed by atoms with Crippen molar-refractivity contribution < 1.29 is 4.92 Å². The van der Waals surface area contributed by atoms with Gasteiger partial charge in [0.25, 0.3) is 11.2 Å². The molecule has 0 atom stereocenters. The van der Waals surface area contributed by atoms with Crippen LogP contribution in [0.1, 0.15) is 0 Å². The van der Waals surface area contributed by atoms with Crippen molar-refractivity contribution in [2.45, 2.75) is 0 Å². The molecule has 10 heteroatoms. The van der Waals surface area contributed by atoms with Crippen LogP contribution in [0.5, 0.6) is 0 Å². The minimum absolute atomic E-state index is 0.0382. The summed E-state index contributed by atoms with van der Waals surface area (Å²) in [6, 6.07) is 19.7. The lowest BCUT2D eigenvalue weighted by atomic mass is 10.2. The maximum atomic E-state index is 13.6. The van der Waals surface area contributed by atoms with Crippen LogP contribution in [0.15, 0.2) is 83.8 Å². The number of rotatable bonds is 4. The standard InChI is InChI=1S/C23H13Cl2N5O3/c24-15-3-1-14(2-4-15)22-26-21-20(23(31)29(22)18-7-5-16(25)6-8-18)13-28(27-21)17-9-11-19(12-10-17)30(32)33/h1-13H. The van der Waals surface area contributed by atoms with E-state index in [1.807, 2.05) is 0 Å². The molecule has 0 radical (unpaired) electrons. The van der Waals surface area contributed by atoms with Crippen LogP contribution in [0.4, 0.5) is 5.69 Å². The molecular formula is C23H13Cl2N5O3. The van der Waals surface area contributed by atoms with Gasteiger partial charge in [-0.3, -0.25) is 19.5 Å². The molecule has 0 spiro atoms. The van der Waals surface area contributed by atoms with Gasteiger partial charge < -0.3 is 0 Å². The highest BCUT2D eigenvalue weighted by Gasteiger charge is 2.18. The van der Waals surface area contributed by atoms with E-state index in [0.29, 0.717) is 38.2 Å². The molecule has 5 rings (SSSR count). The molecule has 2 heterocycles. The topological polar surface area (TPSA) is 95.8 Å². The molecule has 0 aliphatic rings. The van der Waals surface area contributed by atoms with Crippen molar-refractivity contribution >= 4 is 39.9 Å². The molecule has 5 aromatic rings. The van der Waals surface area contributed by atoms with E-state index in [4.69, 9.17) is 23.2 Å². The minimum atomic E-state index is -0.478. The van der Waals surface area contributed by atoms with Crippen LogP contribution in [0, 0.1) is 10.1 Å². The zero-order chi connectivity index (χ0) is 23.1. The first kappa shape index (κ1) is 20.9. The summed E-state index contributed by atoms with van der Waals surface area (Å²) in [6.07, 6.45) is 1.56. The molecular weight excluding hydrogens is 465 g/mol. The van der Waals surface area contributed by atoms with Gasteiger partial charge in [0.15, 0.2) is 5.65 Å². The zero-order valence-corrected chi connectivity index (χ0v) is 18.2. The van der Waals surface area contributed by atoms with Crippen LogP contribution in [0.3, 0.4) is 0 Å². The molecule has 0 bridgehead atoms. The number of nitro benzene ring substituents is 1. The van der Waals surface area contributed by atoms with E-state index < -0.39 is 4.92 Å². The fourth-order valence-electron chi connectivity index (χ4n) is 3.45. The molecule has 2 aromatic heterocycles. The number of halogens is 2. The van der Waals surface area contributed by atoms with E-state index in [0.717, 1.165) is 0 Å². The Hall–Kier alpha value is -4.01. The van der Waals surface area contributed by atoms with E-state index >= 15 is 0 Å². The summed E-state index contributed by atoms with van der Waals surface area (Å²) < 4.78 is 2.96. The molecule has 0 saturated carbocycles. The van der Waals surface area contributed by atoms with Gasteiger partial charge >= 0.3 is 0 Å². The SMILES string of the molecule is O=c1c2cn(-c3ccc([N+](=O)[O-])cc3)nc2nc(-c2ccc(Cl)cc2)n1-c1ccc(Cl)cc1. The summed E-state index contributed by atoms with van der Waals surface area (Å²) >= 11 is 12.1. The Kier molecular flexibility index (Phi) is 5.16. The monoisotopic (exact) mass is 477 g/mol. The van der Waals surface area contributed by atoms with Crippen molar-refractivity contribution in [3.05, 3.63) is 110 Å². The summed E-state index contributed by atoms with van der Waals surface area (Å²) in [5.41, 5.74) is 1.71. The van der Waals surface area contributed by atoms with E-state index in [2.05, 4.69) is 10.1 Å². The van der Waals surface area contributed by atoms with E-state index in [1.54, 1.807) is 66.9 Å². The Labute approximate surface area is 196 Å². The van der Waals surface area contributed by atoms with Gasteiger partial charge in [-0.15, -0.1) is 5.10 Å². The summed E-state index contributed by atoms with van der Waals surface area (Å²) in [7, 11) is 0. The Morgan fingerprint density at radius 1 is 0.818 bits per heavy atom. The Morgan fingerprint density at radius 2 is 1.39 bits per heavy atom. The average Bonchev–Trinajstić information content (AvgIpc) is 3.25. The first-order valence-electron chi connectivity index (χ1n) is 9.70. The highest BCUT2D eigenvalue weighted by Crippen LogP contribution is 2.25. The van der Waals surface area contributed by atoms with Crippen molar-refractivity contribution in [1.29, 1.82) is 0 Å². The predicted octanol–water partition coefficient (Wildman–Crippen LogP) is 5.45. The number of nitrogens with zero attached hydrogens (tertiary/aromatic N) is 5. The predicted molar refractivity (Wildman–Crippen MR) is 127 cm³/mol. The number of aromatic nitrogens is 4. The Morgan fingerprint density at radius 3 is 2.00 bits per heavy atom. The average molecular weight is 478 g/mol. The quantitative estimate of drug-likeness (QED) is 0.253. The smallest absolute Gasteiger partial charge is 0.268 e. The van der Waals surface area contributed by atoms with Gasteiger partial charge in [0.2, 0.25) is 0 Å². The lowest BCUT2D eigenvalue weighted by Crippen LogP contribution is -2.21. The van der Waals surface area contributed by atoms with Gasteiger partial charge in [-0.1, -0.05) is 23.2 Å². The molecule has 0 amide bonds. The van der Waals surface area contributed by atoms with Crippen LogP contribution in [-0.2, 0) is 0 Å². The number of non-ortho nitro benzene ring substituents is 1. The third-order valence-electron chi connectivity index (χ3n) is 5.06. The number of fused-ring (bicyclic) bond motifs is 1. The number of nitro groups is 1. The van der Waals surface area contributed by atoms with E-state index in [1.165, 1.54) is 21.4 Å². The van der Waals surface area contributed by atoms with Crippen LogP contribution >= 0.6 is 23.2 Å².